The van der Waals surface area contributed by atoms with E-state index in [1.165, 1.54) is 38.9 Å². The number of carbonyl (C=O) groups excluding carboxylic acids is 1. The third-order valence-electron chi connectivity index (χ3n) is 4.88. The average Bonchev–Trinajstić information content (AvgIpc) is 3.01. The summed E-state index contributed by atoms with van der Waals surface area (Å²) in [6.45, 7) is 10.2. The first-order valence-electron chi connectivity index (χ1n) is 9.04. The molecule has 0 saturated carbocycles. The second-order valence-electron chi connectivity index (χ2n) is 6.77. The molecule has 0 radical (unpaired) electrons. The van der Waals surface area contributed by atoms with Gasteiger partial charge in [-0.15, -0.1) is 0 Å². The van der Waals surface area contributed by atoms with Gasteiger partial charge in [-0.25, -0.2) is 4.79 Å². The third kappa shape index (κ3) is 5.19. The Labute approximate surface area is 144 Å². The van der Waals surface area contributed by atoms with Gasteiger partial charge in [-0.3, -0.25) is 0 Å². The molecule has 1 aliphatic rings. The largest absolute Gasteiger partial charge is 0.338 e. The second-order valence-corrected chi connectivity index (χ2v) is 6.77. The van der Waals surface area contributed by atoms with E-state index in [-0.39, 0.29) is 12.1 Å². The van der Waals surface area contributed by atoms with Crippen molar-refractivity contribution in [3.8, 4) is 0 Å². The fourth-order valence-electron chi connectivity index (χ4n) is 3.15. The van der Waals surface area contributed by atoms with Crippen LogP contribution >= 0.6 is 0 Å². The average molecular weight is 337 g/mol. The van der Waals surface area contributed by atoms with Crippen LogP contribution in [-0.2, 0) is 0 Å². The zero-order valence-electron chi connectivity index (χ0n) is 15.4. The summed E-state index contributed by atoms with van der Waals surface area (Å²) in [4.78, 5) is 20.6. The summed E-state index contributed by atoms with van der Waals surface area (Å²) < 4.78 is 5.14. The topological polar surface area (TPSA) is 74.5 Å². The first-order valence-corrected chi connectivity index (χ1v) is 9.04. The van der Waals surface area contributed by atoms with Crippen molar-refractivity contribution in [3.05, 3.63) is 11.7 Å². The van der Waals surface area contributed by atoms with Crippen LogP contribution in [0.25, 0.3) is 0 Å². The molecule has 0 aliphatic carbocycles. The van der Waals surface area contributed by atoms with Crippen LogP contribution < -0.4 is 5.32 Å². The van der Waals surface area contributed by atoms with Gasteiger partial charge in [0.2, 0.25) is 5.89 Å². The van der Waals surface area contributed by atoms with Crippen molar-refractivity contribution < 1.29 is 9.32 Å². The lowest BCUT2D eigenvalue weighted by Gasteiger charge is -2.31. The van der Waals surface area contributed by atoms with Crippen LogP contribution in [0, 0.1) is 12.8 Å². The van der Waals surface area contributed by atoms with Crippen molar-refractivity contribution in [2.45, 2.75) is 52.5 Å². The maximum Gasteiger partial charge on any atom is 0.317 e. The number of rotatable bonds is 7. The van der Waals surface area contributed by atoms with Crippen LogP contribution in [0.3, 0.4) is 0 Å². The maximum absolute atomic E-state index is 12.3. The number of likely N-dealkylation sites (tertiary alicyclic amines) is 1. The minimum absolute atomic E-state index is 0.0956. The Morgan fingerprint density at radius 2 is 2.17 bits per heavy atom. The van der Waals surface area contributed by atoms with E-state index >= 15 is 0 Å². The molecule has 0 spiro atoms. The Balaban J connectivity index is 1.67. The fourth-order valence-corrected chi connectivity index (χ4v) is 3.15. The summed E-state index contributed by atoms with van der Waals surface area (Å²) in [5.74, 6) is 1.77. The summed E-state index contributed by atoms with van der Waals surface area (Å²) in [5.41, 5.74) is 0. The molecular weight excluding hydrogens is 306 g/mol. The van der Waals surface area contributed by atoms with Crippen molar-refractivity contribution in [1.82, 2.24) is 25.3 Å². The molecule has 1 atom stereocenters. The van der Waals surface area contributed by atoms with Crippen LogP contribution in [0.5, 0.6) is 0 Å². The number of aryl methyl sites for hydroxylation is 1. The summed E-state index contributed by atoms with van der Waals surface area (Å²) in [6, 6.07) is -0.328. The number of hydrogen-bond donors (Lipinski definition) is 1. The molecule has 7 nitrogen and oxygen atoms in total. The Hall–Kier alpha value is -1.63. The number of piperidine rings is 1. The number of aromatic nitrogens is 2. The highest BCUT2D eigenvalue weighted by atomic mass is 16.5. The van der Waals surface area contributed by atoms with Gasteiger partial charge >= 0.3 is 6.03 Å². The fraction of sp³-hybridized carbons (Fsp3) is 0.824. The molecule has 1 aromatic heterocycles. The van der Waals surface area contributed by atoms with Crippen LogP contribution in [0.1, 0.15) is 57.3 Å². The zero-order valence-corrected chi connectivity index (χ0v) is 15.4. The highest BCUT2D eigenvalue weighted by Crippen LogP contribution is 2.20. The Kier molecular flexibility index (Phi) is 7.02. The summed E-state index contributed by atoms with van der Waals surface area (Å²) in [7, 11) is 1.75. The van der Waals surface area contributed by atoms with Crippen LogP contribution in [0.4, 0.5) is 4.79 Å². The van der Waals surface area contributed by atoms with Gasteiger partial charge in [0.25, 0.3) is 0 Å². The minimum Gasteiger partial charge on any atom is -0.338 e. The van der Waals surface area contributed by atoms with Gasteiger partial charge in [0, 0.05) is 13.6 Å². The van der Waals surface area contributed by atoms with E-state index in [1.54, 1.807) is 18.9 Å². The lowest BCUT2D eigenvalue weighted by atomic mass is 9.93. The second kappa shape index (κ2) is 9.01. The van der Waals surface area contributed by atoms with Gasteiger partial charge in [0.15, 0.2) is 5.82 Å². The molecule has 1 fully saturated rings. The van der Waals surface area contributed by atoms with Crippen molar-refractivity contribution in [2.75, 3.05) is 33.2 Å². The predicted octanol–water partition coefficient (Wildman–Crippen LogP) is 2.59. The molecule has 2 amide bonds. The van der Waals surface area contributed by atoms with E-state index < -0.39 is 0 Å². The van der Waals surface area contributed by atoms with Crippen LogP contribution in [0.2, 0.25) is 0 Å². The van der Waals surface area contributed by atoms with Crippen molar-refractivity contribution in [1.29, 1.82) is 0 Å². The lowest BCUT2D eigenvalue weighted by Crippen LogP contribution is -2.40. The molecule has 1 unspecified atom stereocenters. The summed E-state index contributed by atoms with van der Waals surface area (Å²) in [6.07, 6.45) is 4.76. The molecule has 1 N–H and O–H groups in total. The summed E-state index contributed by atoms with van der Waals surface area (Å²) in [5, 5.41) is 6.78. The van der Waals surface area contributed by atoms with Gasteiger partial charge in [-0.05, 0) is 65.1 Å². The van der Waals surface area contributed by atoms with E-state index in [2.05, 4.69) is 27.3 Å². The van der Waals surface area contributed by atoms with Gasteiger partial charge in [0.05, 0.1) is 0 Å². The molecule has 2 rings (SSSR count). The standard InChI is InChI=1S/C17H31N5O2/c1-5-10-22-11-7-15(8-12-22)6-9-18-17(23)21(4)13(2)16-19-14(3)20-24-16/h13,15H,5-12H2,1-4H3,(H,18,23). The van der Waals surface area contributed by atoms with Gasteiger partial charge in [-0.2, -0.15) is 4.98 Å². The first-order chi connectivity index (χ1) is 11.5. The quantitative estimate of drug-likeness (QED) is 0.828. The smallest absolute Gasteiger partial charge is 0.317 e. The van der Waals surface area contributed by atoms with Crippen molar-refractivity contribution >= 4 is 6.03 Å². The Morgan fingerprint density at radius 3 is 2.75 bits per heavy atom. The van der Waals surface area contributed by atoms with E-state index in [1.807, 2.05) is 6.92 Å². The monoisotopic (exact) mass is 337 g/mol. The van der Waals surface area contributed by atoms with Gasteiger partial charge < -0.3 is 19.6 Å². The molecule has 7 heteroatoms. The minimum atomic E-state index is -0.233. The Morgan fingerprint density at radius 1 is 1.46 bits per heavy atom. The third-order valence-corrected chi connectivity index (χ3v) is 4.88. The Bertz CT molecular complexity index is 511. The molecule has 1 saturated heterocycles. The number of hydrogen-bond acceptors (Lipinski definition) is 5. The van der Waals surface area contributed by atoms with Crippen LogP contribution in [0.15, 0.2) is 4.52 Å². The number of carbonyl (C=O) groups is 1. The lowest BCUT2D eigenvalue weighted by molar-refractivity contribution is 0.171. The maximum atomic E-state index is 12.3. The number of urea groups is 1. The normalized spacial score (nSPS) is 17.7. The molecule has 136 valence electrons. The molecule has 2 heterocycles. The van der Waals surface area contributed by atoms with Crippen LogP contribution in [-0.4, -0.2) is 59.2 Å². The van der Waals surface area contributed by atoms with Gasteiger partial charge in [0.1, 0.15) is 6.04 Å². The SMILES string of the molecule is CCCN1CCC(CCNC(=O)N(C)C(C)c2nc(C)no2)CC1. The summed E-state index contributed by atoms with van der Waals surface area (Å²) >= 11 is 0. The van der Waals surface area contributed by atoms with E-state index in [9.17, 15) is 4.79 Å². The van der Waals surface area contributed by atoms with E-state index in [4.69, 9.17) is 4.52 Å². The van der Waals surface area contributed by atoms with E-state index in [0.29, 0.717) is 11.7 Å². The molecule has 1 aliphatic heterocycles. The number of nitrogens with one attached hydrogen (secondary N) is 1. The van der Waals surface area contributed by atoms with Crippen molar-refractivity contribution in [3.63, 3.8) is 0 Å². The highest BCUT2D eigenvalue weighted by Gasteiger charge is 2.23. The van der Waals surface area contributed by atoms with Gasteiger partial charge in [-0.1, -0.05) is 12.1 Å². The van der Waals surface area contributed by atoms with E-state index in [0.717, 1.165) is 18.9 Å². The molecule has 24 heavy (non-hydrogen) atoms. The molecular formula is C17H31N5O2. The zero-order chi connectivity index (χ0) is 17.5. The molecule has 1 aromatic rings. The molecule has 0 aromatic carbocycles. The number of amides is 2. The number of nitrogens with zero attached hydrogens (tertiary/aromatic N) is 4. The first kappa shape index (κ1) is 18.7. The highest BCUT2D eigenvalue weighted by molar-refractivity contribution is 5.74. The molecule has 0 bridgehead atoms. The van der Waals surface area contributed by atoms with Crippen molar-refractivity contribution in [2.24, 2.45) is 5.92 Å². The predicted molar refractivity (Wildman–Crippen MR) is 92.7 cm³/mol.